The number of aromatic nitrogens is 2. The smallest absolute Gasteiger partial charge is 0.391 e. The van der Waals surface area contributed by atoms with Crippen LogP contribution >= 0.6 is 11.3 Å². The van der Waals surface area contributed by atoms with Crippen LogP contribution in [-0.2, 0) is 37.0 Å². The number of aliphatic hydroxyl groups is 1. The SMILES string of the molecule is COCCn1c(=O)n(CCc2ccccc2)c(=O)c2c(C(F)(F)F)c(CO)sc21. The van der Waals surface area contributed by atoms with E-state index < -0.39 is 39.9 Å². The number of aryl methyl sites for hydroxylation is 1. The molecule has 1 N–H and O–H groups in total. The average molecular weight is 428 g/mol. The minimum absolute atomic E-state index is 0.0138. The molecule has 29 heavy (non-hydrogen) atoms. The van der Waals surface area contributed by atoms with Crippen LogP contribution in [0.4, 0.5) is 13.2 Å². The Kier molecular flexibility index (Phi) is 6.25. The van der Waals surface area contributed by atoms with E-state index in [9.17, 15) is 27.9 Å². The Bertz CT molecular complexity index is 1120. The number of halogens is 3. The monoisotopic (exact) mass is 428 g/mol. The molecule has 1 aromatic carbocycles. The number of thiophene rings is 1. The van der Waals surface area contributed by atoms with E-state index in [1.807, 2.05) is 18.2 Å². The number of benzene rings is 1. The lowest BCUT2D eigenvalue weighted by molar-refractivity contribution is -0.137. The molecule has 2 aromatic heterocycles. The zero-order chi connectivity index (χ0) is 21.2. The van der Waals surface area contributed by atoms with Gasteiger partial charge in [0.1, 0.15) is 4.83 Å². The van der Waals surface area contributed by atoms with E-state index in [1.165, 1.54) is 7.11 Å². The van der Waals surface area contributed by atoms with Crippen LogP contribution < -0.4 is 11.2 Å². The molecule has 3 rings (SSSR count). The second kappa shape index (κ2) is 8.52. The third-order valence-corrected chi connectivity index (χ3v) is 5.74. The second-order valence-corrected chi connectivity index (χ2v) is 7.44. The lowest BCUT2D eigenvalue weighted by atomic mass is 10.1. The van der Waals surface area contributed by atoms with E-state index in [2.05, 4.69) is 0 Å². The number of fused-ring (bicyclic) bond motifs is 1. The third-order valence-electron chi connectivity index (χ3n) is 4.54. The molecule has 3 aromatic rings. The first-order chi connectivity index (χ1) is 13.8. The predicted octanol–water partition coefficient (Wildman–Crippen LogP) is 2.62. The van der Waals surface area contributed by atoms with Gasteiger partial charge in [-0.25, -0.2) is 4.79 Å². The van der Waals surface area contributed by atoms with Crippen molar-refractivity contribution < 1.29 is 23.0 Å². The van der Waals surface area contributed by atoms with E-state index in [0.717, 1.165) is 14.7 Å². The van der Waals surface area contributed by atoms with Gasteiger partial charge < -0.3 is 9.84 Å². The molecule has 0 atom stereocenters. The fourth-order valence-electron chi connectivity index (χ4n) is 3.18. The molecule has 10 heteroatoms. The molecule has 0 aliphatic carbocycles. The highest BCUT2D eigenvalue weighted by Crippen LogP contribution is 2.40. The number of rotatable bonds is 7. The zero-order valence-electron chi connectivity index (χ0n) is 15.5. The topological polar surface area (TPSA) is 73.5 Å². The van der Waals surface area contributed by atoms with Crippen molar-refractivity contribution in [3.8, 4) is 0 Å². The number of alkyl halides is 3. The minimum Gasteiger partial charge on any atom is -0.391 e. The van der Waals surface area contributed by atoms with E-state index >= 15 is 0 Å². The third kappa shape index (κ3) is 4.14. The van der Waals surface area contributed by atoms with Crippen molar-refractivity contribution in [3.63, 3.8) is 0 Å². The van der Waals surface area contributed by atoms with Gasteiger partial charge in [-0.15, -0.1) is 11.3 Å². The molecule has 0 unspecified atom stereocenters. The van der Waals surface area contributed by atoms with Crippen molar-refractivity contribution in [1.29, 1.82) is 0 Å². The number of hydrogen-bond acceptors (Lipinski definition) is 5. The standard InChI is InChI=1S/C19H19F3N2O4S/c1-28-10-9-24-17-14(15(19(20,21)22)13(11-25)29-17)16(26)23(18(24)27)8-7-12-5-3-2-4-6-12/h2-6,25H,7-11H2,1H3. The summed E-state index contributed by atoms with van der Waals surface area (Å²) in [6, 6.07) is 9.03. The van der Waals surface area contributed by atoms with Gasteiger partial charge in [0.05, 0.1) is 30.7 Å². The zero-order valence-corrected chi connectivity index (χ0v) is 16.3. The van der Waals surface area contributed by atoms with Crippen LogP contribution in [0.2, 0.25) is 0 Å². The van der Waals surface area contributed by atoms with Crippen LogP contribution in [0.15, 0.2) is 39.9 Å². The molecule has 156 valence electrons. The molecule has 0 saturated heterocycles. The Morgan fingerprint density at radius 3 is 2.38 bits per heavy atom. The molecule has 6 nitrogen and oxygen atoms in total. The molecule has 0 spiro atoms. The number of hydrogen-bond donors (Lipinski definition) is 1. The predicted molar refractivity (Wildman–Crippen MR) is 103 cm³/mol. The Morgan fingerprint density at radius 1 is 1.10 bits per heavy atom. The highest BCUT2D eigenvalue weighted by Gasteiger charge is 2.39. The van der Waals surface area contributed by atoms with Crippen molar-refractivity contribution in [1.82, 2.24) is 9.13 Å². The van der Waals surface area contributed by atoms with E-state index in [4.69, 9.17) is 4.74 Å². The number of nitrogens with zero attached hydrogens (tertiary/aromatic N) is 2. The molecular formula is C19H19F3N2O4S. The van der Waals surface area contributed by atoms with Gasteiger partial charge >= 0.3 is 11.9 Å². The quantitative estimate of drug-likeness (QED) is 0.628. The Hall–Kier alpha value is -2.43. The first-order valence-electron chi connectivity index (χ1n) is 8.79. The minimum atomic E-state index is -4.84. The van der Waals surface area contributed by atoms with Crippen LogP contribution in [0.3, 0.4) is 0 Å². The Labute approximate surface area is 167 Å². The lowest BCUT2D eigenvalue weighted by Crippen LogP contribution is -2.41. The number of aliphatic hydroxyl groups excluding tert-OH is 1. The summed E-state index contributed by atoms with van der Waals surface area (Å²) in [4.78, 5) is 25.4. The van der Waals surface area contributed by atoms with Crippen molar-refractivity contribution in [2.24, 2.45) is 0 Å². The largest absolute Gasteiger partial charge is 0.418 e. The van der Waals surface area contributed by atoms with Crippen LogP contribution in [0.5, 0.6) is 0 Å². The van der Waals surface area contributed by atoms with Gasteiger partial charge in [-0.2, -0.15) is 13.2 Å². The summed E-state index contributed by atoms with van der Waals surface area (Å²) in [6.45, 7) is -0.873. The highest BCUT2D eigenvalue weighted by atomic mass is 32.1. The Morgan fingerprint density at radius 2 is 1.79 bits per heavy atom. The van der Waals surface area contributed by atoms with E-state index in [-0.39, 0.29) is 24.5 Å². The maximum atomic E-state index is 13.7. The van der Waals surface area contributed by atoms with Crippen LogP contribution in [0.1, 0.15) is 16.0 Å². The number of ether oxygens (including phenoxy) is 1. The lowest BCUT2D eigenvalue weighted by Gasteiger charge is -2.13. The van der Waals surface area contributed by atoms with Gasteiger partial charge in [-0.3, -0.25) is 13.9 Å². The van der Waals surface area contributed by atoms with Gasteiger partial charge in [0.15, 0.2) is 0 Å². The number of methoxy groups -OCH3 is 1. The normalized spacial score (nSPS) is 12.0. The van der Waals surface area contributed by atoms with Crippen molar-refractivity contribution >= 4 is 21.6 Å². The van der Waals surface area contributed by atoms with Gasteiger partial charge in [0, 0.05) is 18.5 Å². The summed E-state index contributed by atoms with van der Waals surface area (Å²) >= 11 is 0.603. The summed E-state index contributed by atoms with van der Waals surface area (Å²) < 4.78 is 48.0. The molecular weight excluding hydrogens is 409 g/mol. The molecule has 0 radical (unpaired) electrons. The highest BCUT2D eigenvalue weighted by molar-refractivity contribution is 7.18. The first-order valence-corrected chi connectivity index (χ1v) is 9.61. The van der Waals surface area contributed by atoms with Crippen molar-refractivity contribution in [2.75, 3.05) is 13.7 Å². The second-order valence-electron chi connectivity index (χ2n) is 6.36. The summed E-state index contributed by atoms with van der Waals surface area (Å²) in [5.41, 5.74) is -2.03. The van der Waals surface area contributed by atoms with Gasteiger partial charge in [-0.05, 0) is 12.0 Å². The molecule has 0 aliphatic heterocycles. The summed E-state index contributed by atoms with van der Waals surface area (Å²) in [6.07, 6.45) is -4.53. The van der Waals surface area contributed by atoms with E-state index in [1.54, 1.807) is 12.1 Å². The molecule has 0 saturated carbocycles. The van der Waals surface area contributed by atoms with Gasteiger partial charge in [0.25, 0.3) is 5.56 Å². The van der Waals surface area contributed by atoms with Crippen LogP contribution in [0, 0.1) is 0 Å². The maximum absolute atomic E-state index is 13.7. The fraction of sp³-hybridized carbons (Fsp3) is 0.368. The first kappa shape index (κ1) is 21.3. The molecule has 0 aliphatic rings. The Balaban J connectivity index is 2.25. The summed E-state index contributed by atoms with van der Waals surface area (Å²) in [5.74, 6) is 0. The molecule has 2 heterocycles. The van der Waals surface area contributed by atoms with E-state index in [0.29, 0.717) is 17.8 Å². The molecule has 0 bridgehead atoms. The van der Waals surface area contributed by atoms with Gasteiger partial charge in [-0.1, -0.05) is 30.3 Å². The average Bonchev–Trinajstić information content (AvgIpc) is 3.09. The molecule has 0 fully saturated rings. The van der Waals surface area contributed by atoms with Crippen LogP contribution in [0.25, 0.3) is 10.2 Å². The van der Waals surface area contributed by atoms with Crippen molar-refractivity contribution in [3.05, 3.63) is 67.2 Å². The summed E-state index contributed by atoms with van der Waals surface area (Å²) in [7, 11) is 1.41. The maximum Gasteiger partial charge on any atom is 0.418 e. The van der Waals surface area contributed by atoms with Gasteiger partial charge in [0.2, 0.25) is 0 Å². The summed E-state index contributed by atoms with van der Waals surface area (Å²) in [5, 5.41) is 8.83. The molecule has 0 amide bonds. The van der Waals surface area contributed by atoms with Crippen molar-refractivity contribution in [2.45, 2.75) is 32.3 Å². The fourth-order valence-corrected chi connectivity index (χ4v) is 4.37. The van der Waals surface area contributed by atoms with Crippen LogP contribution in [-0.4, -0.2) is 28.0 Å².